The fourth-order valence-electron chi connectivity index (χ4n) is 0.555. The number of morpholine rings is 1. The van der Waals surface area contributed by atoms with Crippen molar-refractivity contribution in [1.82, 2.24) is 5.01 Å². The Balaban J connectivity index is 2.51. The normalized spacial score (nSPS) is 28.9. The van der Waals surface area contributed by atoms with E-state index in [1.807, 2.05) is 0 Å². The molecule has 1 fully saturated rings. The summed E-state index contributed by atoms with van der Waals surface area (Å²) in [5.74, 6) is 5.17. The van der Waals surface area contributed by atoms with Crippen LogP contribution in [0.4, 0.5) is 0 Å². The number of nitrogens with two attached hydrogens (primary N) is 1. The highest BCUT2D eigenvalue weighted by atomic mass is 127. The Kier molecular flexibility index (Phi) is 2.25. The lowest BCUT2D eigenvalue weighted by atomic mass is 10.5. The molecule has 0 aliphatic carbocycles. The van der Waals surface area contributed by atoms with E-state index in [1.54, 1.807) is 0 Å². The van der Waals surface area contributed by atoms with Crippen LogP contribution in [-0.4, -0.2) is 28.2 Å². The van der Waals surface area contributed by atoms with Gasteiger partial charge in [-0.2, -0.15) is 0 Å². The Labute approximate surface area is 66.4 Å². The van der Waals surface area contributed by atoms with Gasteiger partial charge in [-0.3, -0.25) is 9.80 Å². The zero-order valence-corrected chi connectivity index (χ0v) is 6.87. The van der Waals surface area contributed by atoms with E-state index in [1.165, 1.54) is 5.01 Å². The van der Waals surface area contributed by atoms with Gasteiger partial charge >= 0.3 is 0 Å². The lowest BCUT2D eigenvalue weighted by molar-refractivity contribution is -0.143. The van der Waals surface area contributed by atoms with Crippen LogP contribution in [-0.2, 0) is 9.53 Å². The first-order valence-electron chi connectivity index (χ1n) is 2.50. The van der Waals surface area contributed by atoms with Gasteiger partial charge in [0.1, 0.15) is 10.7 Å². The Morgan fingerprint density at radius 2 is 2.56 bits per heavy atom. The number of hydrogen-bond donors (Lipinski definition) is 1. The van der Waals surface area contributed by atoms with Gasteiger partial charge in [0, 0.05) is 0 Å². The largest absolute Gasteiger partial charge is 0.369 e. The van der Waals surface area contributed by atoms with Crippen molar-refractivity contribution in [1.29, 1.82) is 0 Å². The number of rotatable bonds is 0. The van der Waals surface area contributed by atoms with Crippen LogP contribution in [0.1, 0.15) is 0 Å². The Morgan fingerprint density at radius 1 is 1.89 bits per heavy atom. The molecular formula is C4H7IN2O2. The van der Waals surface area contributed by atoms with Gasteiger partial charge in [0.25, 0.3) is 5.91 Å². The summed E-state index contributed by atoms with van der Waals surface area (Å²) in [7, 11) is 0. The maximum atomic E-state index is 10.7. The molecule has 0 spiro atoms. The molecule has 1 amide bonds. The molecule has 4 nitrogen and oxygen atoms in total. The van der Waals surface area contributed by atoms with Gasteiger partial charge in [0.2, 0.25) is 0 Å². The van der Waals surface area contributed by atoms with Crippen molar-refractivity contribution in [2.24, 2.45) is 5.84 Å². The van der Waals surface area contributed by atoms with Crippen molar-refractivity contribution < 1.29 is 9.53 Å². The third-order valence-corrected chi connectivity index (χ3v) is 2.03. The zero-order valence-electron chi connectivity index (χ0n) is 4.71. The number of amides is 1. The smallest absolute Gasteiger partial charge is 0.263 e. The van der Waals surface area contributed by atoms with E-state index in [0.29, 0.717) is 6.61 Å². The minimum absolute atomic E-state index is 0.0103. The van der Waals surface area contributed by atoms with Crippen molar-refractivity contribution in [3.63, 3.8) is 0 Å². The van der Waals surface area contributed by atoms with Crippen molar-refractivity contribution >= 4 is 28.5 Å². The third kappa shape index (κ3) is 1.53. The van der Waals surface area contributed by atoms with Gasteiger partial charge in [-0.15, -0.1) is 0 Å². The van der Waals surface area contributed by atoms with Crippen LogP contribution in [0.25, 0.3) is 0 Å². The molecule has 1 rings (SSSR count). The first-order chi connectivity index (χ1) is 4.22. The third-order valence-electron chi connectivity index (χ3n) is 1.07. The number of ether oxygens (including phenoxy) is 1. The maximum Gasteiger partial charge on any atom is 0.263 e. The molecule has 2 N–H and O–H groups in total. The summed E-state index contributed by atoms with van der Waals surface area (Å²) in [6, 6.07) is 0. The molecule has 9 heavy (non-hydrogen) atoms. The van der Waals surface area contributed by atoms with Crippen LogP contribution in [0.3, 0.4) is 0 Å². The van der Waals surface area contributed by atoms with Gasteiger partial charge in [-0.25, -0.2) is 5.84 Å². The number of alkyl halides is 1. The number of carbonyl (C=O) groups is 1. The average Bonchev–Trinajstić information content (AvgIpc) is 1.83. The highest BCUT2D eigenvalue weighted by Gasteiger charge is 2.22. The molecule has 0 radical (unpaired) electrons. The average molecular weight is 242 g/mol. The lowest BCUT2D eigenvalue weighted by Gasteiger charge is -2.26. The summed E-state index contributed by atoms with van der Waals surface area (Å²) < 4.78 is 4.88. The first-order valence-corrected chi connectivity index (χ1v) is 3.75. The minimum atomic E-state index is -0.152. The Hall–Kier alpha value is 0.120. The molecule has 1 atom stereocenters. The molecule has 1 unspecified atom stereocenters. The molecule has 0 aromatic rings. The second-order valence-electron chi connectivity index (χ2n) is 1.75. The van der Waals surface area contributed by atoms with Gasteiger partial charge in [0.05, 0.1) is 6.61 Å². The standard InChI is InChI=1S/C4H7IN2O2/c5-3-1-9-2-4(8)7(3)6/h3H,1-2,6H2. The molecule has 0 aromatic carbocycles. The van der Waals surface area contributed by atoms with Gasteiger partial charge in [-0.1, -0.05) is 22.6 Å². The van der Waals surface area contributed by atoms with E-state index < -0.39 is 0 Å². The Morgan fingerprint density at radius 3 is 3.00 bits per heavy atom. The quantitative estimate of drug-likeness (QED) is 0.204. The fourth-order valence-corrected chi connectivity index (χ4v) is 1.12. The first kappa shape index (κ1) is 7.23. The van der Waals surface area contributed by atoms with E-state index in [9.17, 15) is 4.79 Å². The summed E-state index contributed by atoms with van der Waals surface area (Å²) in [6.45, 7) is 0.652. The van der Waals surface area contributed by atoms with E-state index in [0.717, 1.165) is 0 Å². The topological polar surface area (TPSA) is 55.6 Å². The number of carbonyl (C=O) groups excluding carboxylic acids is 1. The summed E-state index contributed by atoms with van der Waals surface area (Å²) in [6.07, 6.45) is 0. The maximum absolute atomic E-state index is 10.7. The summed E-state index contributed by atoms with van der Waals surface area (Å²) in [4.78, 5) is 10.7. The minimum Gasteiger partial charge on any atom is -0.369 e. The van der Waals surface area contributed by atoms with Gasteiger partial charge in [-0.05, 0) is 0 Å². The van der Waals surface area contributed by atoms with Crippen LogP contribution >= 0.6 is 22.6 Å². The second-order valence-corrected chi connectivity index (χ2v) is 3.19. The van der Waals surface area contributed by atoms with Crippen LogP contribution in [0.5, 0.6) is 0 Å². The number of hydrazine groups is 1. The molecule has 0 aromatic heterocycles. The molecule has 5 heteroatoms. The molecule has 1 aliphatic rings. The molecule has 1 heterocycles. The van der Waals surface area contributed by atoms with Crippen molar-refractivity contribution in [2.45, 2.75) is 4.05 Å². The number of nitrogens with zero attached hydrogens (tertiary/aromatic N) is 1. The zero-order chi connectivity index (χ0) is 6.85. The highest BCUT2D eigenvalue weighted by molar-refractivity contribution is 14.1. The summed E-state index contributed by atoms with van der Waals surface area (Å²) in [5, 5.41) is 1.20. The van der Waals surface area contributed by atoms with Crippen LogP contribution in [0.15, 0.2) is 0 Å². The number of hydrogen-bond acceptors (Lipinski definition) is 3. The SMILES string of the molecule is NN1C(=O)COCC1I. The lowest BCUT2D eigenvalue weighted by Crippen LogP contribution is -2.50. The molecule has 52 valence electrons. The van der Waals surface area contributed by atoms with E-state index in [2.05, 4.69) is 22.6 Å². The van der Waals surface area contributed by atoms with Crippen LogP contribution < -0.4 is 5.84 Å². The second kappa shape index (κ2) is 2.80. The van der Waals surface area contributed by atoms with E-state index >= 15 is 0 Å². The van der Waals surface area contributed by atoms with Crippen molar-refractivity contribution in [2.75, 3.05) is 13.2 Å². The summed E-state index contributed by atoms with van der Waals surface area (Å²) >= 11 is 2.05. The van der Waals surface area contributed by atoms with Crippen LogP contribution in [0, 0.1) is 0 Å². The molecule has 1 saturated heterocycles. The Bertz CT molecular complexity index is 130. The van der Waals surface area contributed by atoms with Crippen molar-refractivity contribution in [3.05, 3.63) is 0 Å². The number of halogens is 1. The molecule has 0 bridgehead atoms. The predicted octanol–water partition coefficient (Wildman–Crippen LogP) is -0.520. The van der Waals surface area contributed by atoms with E-state index in [4.69, 9.17) is 10.6 Å². The monoisotopic (exact) mass is 242 g/mol. The molecule has 0 saturated carbocycles. The molecular weight excluding hydrogens is 235 g/mol. The summed E-state index contributed by atoms with van der Waals surface area (Å²) in [5.41, 5.74) is 0. The van der Waals surface area contributed by atoms with Crippen LogP contribution in [0.2, 0.25) is 0 Å². The fraction of sp³-hybridized carbons (Fsp3) is 0.750. The predicted molar refractivity (Wildman–Crippen MR) is 39.7 cm³/mol. The van der Waals surface area contributed by atoms with E-state index in [-0.39, 0.29) is 16.6 Å². The highest BCUT2D eigenvalue weighted by Crippen LogP contribution is 2.08. The van der Waals surface area contributed by atoms with Crippen molar-refractivity contribution in [3.8, 4) is 0 Å². The van der Waals surface area contributed by atoms with Gasteiger partial charge < -0.3 is 4.74 Å². The molecule has 1 aliphatic heterocycles. The van der Waals surface area contributed by atoms with Gasteiger partial charge in [0.15, 0.2) is 0 Å².